The molecule has 1 atom stereocenters. The zero-order valence-corrected chi connectivity index (χ0v) is 13.2. The molecule has 1 aliphatic heterocycles. The zero-order chi connectivity index (χ0) is 16.8. The van der Waals surface area contributed by atoms with E-state index in [0.717, 1.165) is 10.4 Å². The van der Waals surface area contributed by atoms with Gasteiger partial charge in [0.05, 0.1) is 23.0 Å². The number of amides is 1. The number of nitrogens with zero attached hydrogens (tertiary/aromatic N) is 1. The molecule has 0 aliphatic carbocycles. The summed E-state index contributed by atoms with van der Waals surface area (Å²) in [7, 11) is -3.91. The minimum Gasteiger partial charge on any atom is -0.369 e. The lowest BCUT2D eigenvalue weighted by atomic mass is 10.0. The van der Waals surface area contributed by atoms with Gasteiger partial charge in [-0.1, -0.05) is 18.2 Å². The molecule has 1 heterocycles. The highest BCUT2D eigenvalue weighted by Crippen LogP contribution is 2.39. The molecule has 23 heavy (non-hydrogen) atoms. The van der Waals surface area contributed by atoms with Crippen molar-refractivity contribution in [3.05, 3.63) is 59.4 Å². The highest BCUT2D eigenvalue weighted by molar-refractivity contribution is 7.93. The number of carbonyl (C=O) groups excluding carboxylic acids is 1. The van der Waals surface area contributed by atoms with E-state index in [1.54, 1.807) is 24.3 Å². The van der Waals surface area contributed by atoms with Crippen LogP contribution in [0.3, 0.4) is 0 Å². The van der Waals surface area contributed by atoms with Gasteiger partial charge in [-0.3, -0.25) is 9.10 Å². The molecule has 7 heteroatoms. The molecule has 0 saturated heterocycles. The number of anilines is 1. The Kier molecular flexibility index (Phi) is 3.60. The largest absolute Gasteiger partial charge is 0.369 e. The highest BCUT2D eigenvalue weighted by atomic mass is 32.2. The van der Waals surface area contributed by atoms with Crippen LogP contribution in [0, 0.1) is 12.7 Å². The molecule has 3 rings (SSSR count). The van der Waals surface area contributed by atoms with Crippen LogP contribution in [0.5, 0.6) is 0 Å². The van der Waals surface area contributed by atoms with Crippen LogP contribution in [-0.4, -0.2) is 20.9 Å². The van der Waals surface area contributed by atoms with Gasteiger partial charge in [0.1, 0.15) is 5.82 Å². The lowest BCUT2D eigenvalue weighted by Gasteiger charge is -2.21. The lowest BCUT2D eigenvalue weighted by Crippen LogP contribution is -2.33. The van der Waals surface area contributed by atoms with Gasteiger partial charge in [0, 0.05) is 0 Å². The maximum Gasteiger partial charge on any atom is 0.264 e. The number of fused-ring (bicyclic) bond motifs is 1. The van der Waals surface area contributed by atoms with Gasteiger partial charge in [-0.05, 0) is 42.3 Å². The first-order valence-corrected chi connectivity index (χ1v) is 8.43. The van der Waals surface area contributed by atoms with E-state index in [4.69, 9.17) is 5.73 Å². The van der Waals surface area contributed by atoms with Gasteiger partial charge in [-0.2, -0.15) is 0 Å². The molecular formula is C16H15FN2O3S. The molecule has 0 radical (unpaired) electrons. The molecular weight excluding hydrogens is 319 g/mol. The Morgan fingerprint density at radius 3 is 2.61 bits per heavy atom. The fourth-order valence-corrected chi connectivity index (χ4v) is 4.58. The fraction of sp³-hybridized carbons (Fsp3) is 0.188. The molecule has 1 amide bonds. The molecule has 0 spiro atoms. The second-order valence-corrected chi connectivity index (χ2v) is 7.29. The number of hydrogen-bond acceptors (Lipinski definition) is 3. The Morgan fingerprint density at radius 2 is 1.96 bits per heavy atom. The molecule has 1 aliphatic rings. The maximum absolute atomic E-state index is 13.3. The average molecular weight is 334 g/mol. The van der Waals surface area contributed by atoms with Crippen LogP contribution in [0.1, 0.15) is 17.0 Å². The first-order valence-electron chi connectivity index (χ1n) is 6.99. The quantitative estimate of drug-likeness (QED) is 0.931. The minimum atomic E-state index is -3.91. The van der Waals surface area contributed by atoms with Crippen LogP contribution in [0.15, 0.2) is 47.4 Å². The minimum absolute atomic E-state index is 0.0128. The summed E-state index contributed by atoms with van der Waals surface area (Å²) in [5.74, 6) is -1.77. The summed E-state index contributed by atoms with van der Waals surface area (Å²) in [5, 5.41) is 0. The van der Waals surface area contributed by atoms with Gasteiger partial charge >= 0.3 is 0 Å². The monoisotopic (exact) mass is 334 g/mol. The number of hydrogen-bond donors (Lipinski definition) is 1. The third-order valence-electron chi connectivity index (χ3n) is 3.98. The van der Waals surface area contributed by atoms with Gasteiger partial charge in [-0.25, -0.2) is 12.8 Å². The van der Waals surface area contributed by atoms with Crippen molar-refractivity contribution >= 4 is 21.6 Å². The second-order valence-electron chi connectivity index (χ2n) is 5.46. The molecule has 120 valence electrons. The van der Waals surface area contributed by atoms with Crippen molar-refractivity contribution in [2.75, 3.05) is 10.8 Å². The lowest BCUT2D eigenvalue weighted by molar-refractivity contribution is -0.119. The Bertz CT molecular complexity index is 896. The number of nitrogens with two attached hydrogens (primary N) is 1. The normalized spacial score (nSPS) is 17.1. The first-order chi connectivity index (χ1) is 10.8. The van der Waals surface area contributed by atoms with E-state index in [9.17, 15) is 17.6 Å². The third-order valence-corrected chi connectivity index (χ3v) is 5.92. The van der Waals surface area contributed by atoms with Crippen molar-refractivity contribution in [1.82, 2.24) is 0 Å². The molecule has 0 bridgehead atoms. The SMILES string of the molecule is Cc1cc(F)ccc1S(=O)(=O)N1C[C@H](C(N)=O)c2ccccc21. The van der Waals surface area contributed by atoms with Crippen LogP contribution in [0.25, 0.3) is 0 Å². The third kappa shape index (κ3) is 2.46. The topological polar surface area (TPSA) is 80.5 Å². The average Bonchev–Trinajstić information content (AvgIpc) is 2.87. The fourth-order valence-electron chi connectivity index (χ4n) is 2.86. The van der Waals surface area contributed by atoms with Crippen LogP contribution in [0.2, 0.25) is 0 Å². The van der Waals surface area contributed by atoms with E-state index in [1.165, 1.54) is 19.1 Å². The summed E-state index contributed by atoms with van der Waals surface area (Å²) in [6.07, 6.45) is 0. The van der Waals surface area contributed by atoms with Crippen molar-refractivity contribution in [1.29, 1.82) is 0 Å². The van der Waals surface area contributed by atoms with E-state index in [1.807, 2.05) is 0 Å². The van der Waals surface area contributed by atoms with Crippen molar-refractivity contribution in [3.63, 3.8) is 0 Å². The predicted octanol–water partition coefficient (Wildman–Crippen LogP) is 1.91. The second kappa shape index (κ2) is 5.34. The Hall–Kier alpha value is -2.41. The molecule has 2 N–H and O–H groups in total. The van der Waals surface area contributed by atoms with Crippen molar-refractivity contribution < 1.29 is 17.6 Å². The van der Waals surface area contributed by atoms with Crippen molar-refractivity contribution in [2.45, 2.75) is 17.7 Å². The number of halogens is 1. The van der Waals surface area contributed by atoms with E-state index in [0.29, 0.717) is 16.8 Å². The van der Waals surface area contributed by atoms with Gasteiger partial charge < -0.3 is 5.73 Å². The number of para-hydroxylation sites is 1. The number of sulfonamides is 1. The van der Waals surface area contributed by atoms with Crippen LogP contribution >= 0.6 is 0 Å². The smallest absolute Gasteiger partial charge is 0.264 e. The molecule has 2 aromatic carbocycles. The highest BCUT2D eigenvalue weighted by Gasteiger charge is 2.39. The van der Waals surface area contributed by atoms with Gasteiger partial charge in [0.2, 0.25) is 5.91 Å². The van der Waals surface area contributed by atoms with Crippen molar-refractivity contribution in [3.8, 4) is 0 Å². The summed E-state index contributed by atoms with van der Waals surface area (Å²) in [6, 6.07) is 10.3. The van der Waals surface area contributed by atoms with Gasteiger partial charge in [0.25, 0.3) is 10.0 Å². The Balaban J connectivity index is 2.13. The van der Waals surface area contributed by atoms with E-state index in [2.05, 4.69) is 0 Å². The van der Waals surface area contributed by atoms with Gasteiger partial charge in [0.15, 0.2) is 0 Å². The van der Waals surface area contributed by atoms with Gasteiger partial charge in [-0.15, -0.1) is 0 Å². The number of rotatable bonds is 3. The van der Waals surface area contributed by atoms with E-state index < -0.39 is 27.7 Å². The maximum atomic E-state index is 13.3. The number of carbonyl (C=O) groups is 1. The summed E-state index contributed by atoms with van der Waals surface area (Å²) < 4.78 is 40.3. The molecule has 2 aromatic rings. The standard InChI is InChI=1S/C16H15FN2O3S/c1-10-8-11(17)6-7-15(10)23(21,22)19-9-13(16(18)20)12-4-2-3-5-14(12)19/h2-8,13H,9H2,1H3,(H2,18,20)/t13-/m0/s1. The van der Waals surface area contributed by atoms with Crippen molar-refractivity contribution in [2.24, 2.45) is 5.73 Å². The summed E-state index contributed by atoms with van der Waals surface area (Å²) in [6.45, 7) is 1.48. The number of primary amides is 1. The molecule has 0 saturated carbocycles. The molecule has 0 fully saturated rings. The molecule has 0 unspecified atom stereocenters. The van der Waals surface area contributed by atoms with E-state index >= 15 is 0 Å². The number of aryl methyl sites for hydroxylation is 1. The molecule has 0 aromatic heterocycles. The van der Waals surface area contributed by atoms with Crippen LogP contribution < -0.4 is 10.0 Å². The summed E-state index contributed by atoms with van der Waals surface area (Å²) in [5.41, 5.74) is 6.72. The first kappa shape index (κ1) is 15.5. The Morgan fingerprint density at radius 1 is 1.26 bits per heavy atom. The summed E-state index contributed by atoms with van der Waals surface area (Å²) >= 11 is 0. The van der Waals surface area contributed by atoms with E-state index in [-0.39, 0.29) is 11.4 Å². The van der Waals surface area contributed by atoms with Crippen LogP contribution in [0.4, 0.5) is 10.1 Å². The summed E-state index contributed by atoms with van der Waals surface area (Å²) in [4.78, 5) is 11.6. The predicted molar refractivity (Wildman–Crippen MR) is 84.0 cm³/mol. The van der Waals surface area contributed by atoms with Crippen LogP contribution in [-0.2, 0) is 14.8 Å². The molecule has 5 nitrogen and oxygen atoms in total. The Labute approximate surface area is 133 Å². The zero-order valence-electron chi connectivity index (χ0n) is 12.4. The number of benzene rings is 2.